The highest BCUT2D eigenvalue weighted by Crippen LogP contribution is 2.42. The molecule has 2 amide bonds. The third-order valence-electron chi connectivity index (χ3n) is 4.75. The predicted molar refractivity (Wildman–Crippen MR) is 102 cm³/mol. The molecule has 28 heavy (non-hydrogen) atoms. The molecule has 10 heteroatoms. The lowest BCUT2D eigenvalue weighted by molar-refractivity contribution is -0.258. The number of ether oxygens (including phenoxy) is 1. The third-order valence-corrected chi connectivity index (χ3v) is 5.34. The van der Waals surface area contributed by atoms with Crippen LogP contribution in [0.5, 0.6) is 0 Å². The lowest BCUT2D eigenvalue weighted by Gasteiger charge is -2.35. The van der Waals surface area contributed by atoms with Gasteiger partial charge in [-0.1, -0.05) is 23.2 Å². The molecule has 1 heterocycles. The quantitative estimate of drug-likeness (QED) is 0.607. The van der Waals surface area contributed by atoms with Crippen molar-refractivity contribution in [3.05, 3.63) is 27.7 Å². The van der Waals surface area contributed by atoms with Crippen LogP contribution < -0.4 is 10.6 Å². The van der Waals surface area contributed by atoms with Gasteiger partial charge in [0.05, 0.1) is 21.3 Å². The van der Waals surface area contributed by atoms with E-state index >= 15 is 0 Å². The fraction of sp³-hybridized carbons (Fsp3) is 0.611. The van der Waals surface area contributed by atoms with Crippen LogP contribution in [-0.2, 0) is 10.3 Å². The van der Waals surface area contributed by atoms with Crippen LogP contribution in [0.1, 0.15) is 39.2 Å². The van der Waals surface area contributed by atoms with Gasteiger partial charge in [-0.3, -0.25) is 0 Å². The molecule has 158 valence electrons. The Kier molecular flexibility index (Phi) is 6.80. The van der Waals surface area contributed by atoms with Crippen molar-refractivity contribution in [2.24, 2.45) is 5.92 Å². The zero-order chi connectivity index (χ0) is 21.3. The minimum atomic E-state index is -4.91. The summed E-state index contributed by atoms with van der Waals surface area (Å²) in [5.74, 6) is 0.240. The molecule has 2 atom stereocenters. The number of carbonyl (C=O) groups excluding carboxylic acids is 1. The molecular formula is C18H23Cl2F3N2O3. The molecule has 0 bridgehead atoms. The van der Waals surface area contributed by atoms with Crippen LogP contribution in [0.15, 0.2) is 12.1 Å². The molecule has 1 fully saturated rings. The van der Waals surface area contributed by atoms with Crippen LogP contribution in [0, 0.1) is 5.92 Å². The average molecular weight is 443 g/mol. The molecule has 0 saturated carbocycles. The number of amides is 2. The number of nitrogens with one attached hydrogen (secondary N) is 2. The molecule has 1 aromatic rings. The van der Waals surface area contributed by atoms with Crippen LogP contribution in [-0.4, -0.2) is 36.1 Å². The summed E-state index contributed by atoms with van der Waals surface area (Å²) in [7, 11) is 0. The molecular weight excluding hydrogens is 420 g/mol. The number of alkyl halides is 3. The van der Waals surface area contributed by atoms with E-state index < -0.39 is 23.4 Å². The molecule has 1 saturated heterocycles. The van der Waals surface area contributed by atoms with E-state index in [-0.39, 0.29) is 27.3 Å². The summed E-state index contributed by atoms with van der Waals surface area (Å²) >= 11 is 12.0. The molecule has 0 spiro atoms. The Hall–Kier alpha value is -1.22. The van der Waals surface area contributed by atoms with Gasteiger partial charge in [0, 0.05) is 13.2 Å². The van der Waals surface area contributed by atoms with E-state index in [1.807, 2.05) is 13.8 Å². The number of benzene rings is 1. The molecule has 1 aromatic carbocycles. The average Bonchev–Trinajstić information content (AvgIpc) is 2.54. The van der Waals surface area contributed by atoms with Gasteiger partial charge >= 0.3 is 12.2 Å². The maximum atomic E-state index is 13.0. The third kappa shape index (κ3) is 5.43. The molecule has 0 aromatic heterocycles. The van der Waals surface area contributed by atoms with Gasteiger partial charge in [0.1, 0.15) is 0 Å². The summed E-state index contributed by atoms with van der Waals surface area (Å²) in [6, 6.07) is 1.28. The van der Waals surface area contributed by atoms with Crippen molar-refractivity contribution in [1.82, 2.24) is 5.32 Å². The number of carbonyl (C=O) groups is 1. The van der Waals surface area contributed by atoms with Crippen molar-refractivity contribution in [3.8, 4) is 0 Å². The van der Waals surface area contributed by atoms with Gasteiger partial charge < -0.3 is 20.5 Å². The number of urea groups is 1. The Bertz CT molecular complexity index is 716. The highest BCUT2D eigenvalue weighted by Gasteiger charge is 2.51. The van der Waals surface area contributed by atoms with E-state index in [9.17, 15) is 23.1 Å². The van der Waals surface area contributed by atoms with Crippen LogP contribution in [0.25, 0.3) is 0 Å². The van der Waals surface area contributed by atoms with E-state index in [1.54, 1.807) is 0 Å². The van der Waals surface area contributed by atoms with E-state index in [0.29, 0.717) is 20.1 Å². The summed E-state index contributed by atoms with van der Waals surface area (Å²) in [6.45, 7) is 5.59. The Morgan fingerprint density at radius 2 is 1.89 bits per heavy atom. The minimum Gasteiger partial charge on any atom is -0.376 e. The highest BCUT2D eigenvalue weighted by atomic mass is 35.5. The first-order chi connectivity index (χ1) is 12.7. The van der Waals surface area contributed by atoms with E-state index in [2.05, 4.69) is 10.6 Å². The largest absolute Gasteiger partial charge is 0.421 e. The van der Waals surface area contributed by atoms with Gasteiger partial charge in [0.25, 0.3) is 0 Å². The van der Waals surface area contributed by atoms with E-state index in [0.717, 1.165) is 25.0 Å². The first kappa shape index (κ1) is 23.1. The second-order valence-electron chi connectivity index (χ2n) is 7.69. The number of halogens is 5. The highest BCUT2D eigenvalue weighted by molar-refractivity contribution is 6.39. The number of hydrogen-bond acceptors (Lipinski definition) is 3. The van der Waals surface area contributed by atoms with E-state index in [4.69, 9.17) is 27.9 Å². The summed E-state index contributed by atoms with van der Waals surface area (Å²) in [4.78, 5) is 12.2. The van der Waals surface area contributed by atoms with Gasteiger partial charge in [0.15, 0.2) is 5.60 Å². The summed E-state index contributed by atoms with van der Waals surface area (Å²) in [5, 5.41) is 14.5. The zero-order valence-electron chi connectivity index (χ0n) is 15.7. The molecule has 1 aliphatic rings. The standard InChI is InChI=1S/C18H23Cl2F3N2O3/c1-16(2)8-10(4-5-28-16)9-24-15(26)25-14-12(19)6-11(7-13(14)20)17(3,27)18(21,22)23/h6-7,10,27H,4-5,8-9H2,1-3H3,(H2,24,25,26). The fourth-order valence-electron chi connectivity index (χ4n) is 3.06. The first-order valence-electron chi connectivity index (χ1n) is 8.70. The van der Waals surface area contributed by atoms with Gasteiger partial charge in [-0.2, -0.15) is 13.2 Å². The smallest absolute Gasteiger partial charge is 0.376 e. The van der Waals surface area contributed by atoms with Crippen molar-refractivity contribution in [2.45, 2.75) is 51.0 Å². The Morgan fingerprint density at radius 3 is 2.39 bits per heavy atom. The fourth-order valence-corrected chi connectivity index (χ4v) is 3.65. The van der Waals surface area contributed by atoms with Crippen molar-refractivity contribution >= 4 is 34.9 Å². The van der Waals surface area contributed by atoms with Crippen molar-refractivity contribution in [2.75, 3.05) is 18.5 Å². The summed E-state index contributed by atoms with van der Waals surface area (Å²) in [6.07, 6.45) is -3.31. The van der Waals surface area contributed by atoms with Gasteiger partial charge in [0.2, 0.25) is 0 Å². The maximum absolute atomic E-state index is 13.0. The molecule has 3 N–H and O–H groups in total. The zero-order valence-corrected chi connectivity index (χ0v) is 17.2. The molecule has 5 nitrogen and oxygen atoms in total. The van der Waals surface area contributed by atoms with Crippen LogP contribution >= 0.6 is 23.2 Å². The van der Waals surface area contributed by atoms with Gasteiger partial charge in [-0.05, 0) is 57.2 Å². The second-order valence-corrected chi connectivity index (χ2v) is 8.50. The van der Waals surface area contributed by atoms with Crippen molar-refractivity contribution in [3.63, 3.8) is 0 Å². The Balaban J connectivity index is 2.05. The monoisotopic (exact) mass is 442 g/mol. The normalized spacial score (nSPS) is 21.7. The van der Waals surface area contributed by atoms with E-state index in [1.165, 1.54) is 0 Å². The summed E-state index contributed by atoms with van der Waals surface area (Å²) in [5.41, 5.74) is -3.93. The number of aliphatic hydroxyl groups is 1. The van der Waals surface area contributed by atoms with Crippen LogP contribution in [0.4, 0.5) is 23.7 Å². The topological polar surface area (TPSA) is 70.6 Å². The molecule has 2 unspecified atom stereocenters. The van der Waals surface area contributed by atoms with Crippen LogP contribution in [0.2, 0.25) is 10.0 Å². The lowest BCUT2D eigenvalue weighted by atomic mass is 9.88. The maximum Gasteiger partial charge on any atom is 0.421 e. The van der Waals surface area contributed by atoms with Gasteiger partial charge in [-0.25, -0.2) is 4.79 Å². The van der Waals surface area contributed by atoms with Crippen molar-refractivity contribution in [1.29, 1.82) is 0 Å². The first-order valence-corrected chi connectivity index (χ1v) is 9.46. The minimum absolute atomic E-state index is 0.0325. The number of anilines is 1. The Morgan fingerprint density at radius 1 is 1.32 bits per heavy atom. The van der Waals surface area contributed by atoms with Crippen molar-refractivity contribution < 1.29 is 27.8 Å². The molecule has 2 rings (SSSR count). The second kappa shape index (κ2) is 8.26. The number of rotatable bonds is 4. The molecule has 0 aliphatic carbocycles. The molecule has 1 aliphatic heterocycles. The van der Waals surface area contributed by atoms with Gasteiger partial charge in [-0.15, -0.1) is 0 Å². The molecule has 0 radical (unpaired) electrons. The number of hydrogen-bond donors (Lipinski definition) is 3. The SMILES string of the molecule is CC1(C)CC(CNC(=O)Nc2c(Cl)cc(C(C)(O)C(F)(F)F)cc2Cl)CCO1. The summed E-state index contributed by atoms with van der Waals surface area (Å²) < 4.78 is 44.6. The van der Waals surface area contributed by atoms with Crippen LogP contribution in [0.3, 0.4) is 0 Å². The lowest BCUT2D eigenvalue weighted by Crippen LogP contribution is -2.40. The Labute approximate surface area is 171 Å². The predicted octanol–water partition coefficient (Wildman–Crippen LogP) is 5.09.